The van der Waals surface area contributed by atoms with E-state index < -0.39 is 5.97 Å². The highest BCUT2D eigenvalue weighted by Crippen LogP contribution is 2.38. The molecule has 0 saturated carbocycles. The molecule has 6 nitrogen and oxygen atoms in total. The lowest BCUT2D eigenvalue weighted by Crippen LogP contribution is -2.16. The van der Waals surface area contributed by atoms with Crippen LogP contribution in [0, 0.1) is 6.92 Å². The van der Waals surface area contributed by atoms with Crippen LogP contribution in [0.5, 0.6) is 11.5 Å². The van der Waals surface area contributed by atoms with Gasteiger partial charge in [-0.25, -0.2) is 4.79 Å². The van der Waals surface area contributed by atoms with Gasteiger partial charge in [0.1, 0.15) is 31.3 Å². The van der Waals surface area contributed by atoms with E-state index in [1.807, 2.05) is 0 Å². The highest BCUT2D eigenvalue weighted by atomic mass is 35.5. The molecule has 1 aromatic heterocycles. The van der Waals surface area contributed by atoms with Gasteiger partial charge in [-0.05, 0) is 19.1 Å². The molecular weight excluding hydrogens is 298 g/mol. The number of aryl methyl sites for hydroxylation is 1. The molecule has 0 radical (unpaired) electrons. The van der Waals surface area contributed by atoms with Crippen LogP contribution in [0.2, 0.25) is 5.02 Å². The first-order valence-corrected chi connectivity index (χ1v) is 6.70. The molecular formula is C14H12ClNO5. The SMILES string of the molecule is Cc1cc(COC(=O)c2cc(Cl)c3c(c2)OCCO3)no1. The second kappa shape index (κ2) is 5.65. The highest BCUT2D eigenvalue weighted by molar-refractivity contribution is 6.32. The van der Waals surface area contributed by atoms with Gasteiger partial charge >= 0.3 is 5.97 Å². The molecule has 0 spiro atoms. The molecule has 0 unspecified atom stereocenters. The number of carbonyl (C=O) groups excluding carboxylic acids is 1. The molecule has 2 heterocycles. The Morgan fingerprint density at radius 1 is 1.33 bits per heavy atom. The fraction of sp³-hybridized carbons (Fsp3) is 0.286. The predicted octanol–water partition coefficient (Wildman–Crippen LogP) is 2.76. The number of hydrogen-bond acceptors (Lipinski definition) is 6. The zero-order valence-corrected chi connectivity index (χ0v) is 12.0. The minimum absolute atomic E-state index is 0.0300. The Labute approximate surface area is 125 Å². The van der Waals surface area contributed by atoms with Gasteiger partial charge in [0.25, 0.3) is 0 Å². The van der Waals surface area contributed by atoms with Gasteiger partial charge in [0.05, 0.1) is 10.6 Å². The number of aromatic nitrogens is 1. The van der Waals surface area contributed by atoms with E-state index in [-0.39, 0.29) is 6.61 Å². The first-order valence-electron chi connectivity index (χ1n) is 6.32. The second-order valence-electron chi connectivity index (χ2n) is 4.49. The molecule has 110 valence electrons. The van der Waals surface area contributed by atoms with Crippen molar-refractivity contribution in [3.8, 4) is 11.5 Å². The van der Waals surface area contributed by atoms with E-state index in [0.29, 0.717) is 46.8 Å². The molecule has 0 saturated heterocycles. The number of hydrogen-bond donors (Lipinski definition) is 0. The molecule has 1 aliphatic heterocycles. The smallest absolute Gasteiger partial charge is 0.338 e. The third kappa shape index (κ3) is 2.95. The lowest BCUT2D eigenvalue weighted by atomic mass is 10.2. The predicted molar refractivity (Wildman–Crippen MR) is 72.8 cm³/mol. The molecule has 0 atom stereocenters. The largest absolute Gasteiger partial charge is 0.486 e. The van der Waals surface area contributed by atoms with Crippen LogP contribution in [0.3, 0.4) is 0 Å². The maximum absolute atomic E-state index is 12.0. The number of ether oxygens (including phenoxy) is 3. The number of benzene rings is 1. The molecule has 1 aliphatic rings. The van der Waals surface area contributed by atoms with Gasteiger partial charge < -0.3 is 18.7 Å². The summed E-state index contributed by atoms with van der Waals surface area (Å²) < 4.78 is 20.9. The normalized spacial score (nSPS) is 13.0. The van der Waals surface area contributed by atoms with Crippen molar-refractivity contribution in [1.29, 1.82) is 0 Å². The Kier molecular flexibility index (Phi) is 3.70. The van der Waals surface area contributed by atoms with Crippen molar-refractivity contribution in [1.82, 2.24) is 5.16 Å². The zero-order chi connectivity index (χ0) is 14.8. The van der Waals surface area contributed by atoms with Gasteiger partial charge in [0.2, 0.25) is 0 Å². The molecule has 7 heteroatoms. The Balaban J connectivity index is 1.74. The van der Waals surface area contributed by atoms with Gasteiger partial charge in [0, 0.05) is 6.07 Å². The summed E-state index contributed by atoms with van der Waals surface area (Å²) in [5.74, 6) is 1.03. The third-order valence-corrected chi connectivity index (χ3v) is 3.14. The number of carbonyl (C=O) groups is 1. The van der Waals surface area contributed by atoms with Crippen LogP contribution in [-0.2, 0) is 11.3 Å². The molecule has 2 aromatic rings. The van der Waals surface area contributed by atoms with E-state index in [4.69, 9.17) is 30.3 Å². The van der Waals surface area contributed by atoms with Gasteiger partial charge in [-0.15, -0.1) is 0 Å². The maximum atomic E-state index is 12.0. The number of fused-ring (bicyclic) bond motifs is 1. The maximum Gasteiger partial charge on any atom is 0.338 e. The van der Waals surface area contributed by atoms with Crippen LogP contribution in [0.1, 0.15) is 21.8 Å². The monoisotopic (exact) mass is 309 g/mol. The minimum Gasteiger partial charge on any atom is -0.486 e. The topological polar surface area (TPSA) is 70.8 Å². The summed E-state index contributed by atoms with van der Waals surface area (Å²) in [7, 11) is 0. The van der Waals surface area contributed by atoms with E-state index in [0.717, 1.165) is 0 Å². The third-order valence-electron chi connectivity index (χ3n) is 2.86. The summed E-state index contributed by atoms with van der Waals surface area (Å²) in [6.45, 7) is 2.64. The van der Waals surface area contributed by atoms with Crippen LogP contribution >= 0.6 is 11.6 Å². The number of nitrogens with zero attached hydrogens (tertiary/aromatic N) is 1. The molecule has 3 rings (SSSR count). The van der Waals surface area contributed by atoms with E-state index in [9.17, 15) is 4.79 Å². The summed E-state index contributed by atoms with van der Waals surface area (Å²) in [5, 5.41) is 4.06. The standard InChI is InChI=1S/C14H12ClNO5/c1-8-4-10(16-21-8)7-20-14(17)9-5-11(15)13-12(6-9)18-2-3-19-13/h4-6H,2-3,7H2,1H3. The van der Waals surface area contributed by atoms with Gasteiger partial charge in [-0.2, -0.15) is 0 Å². The quantitative estimate of drug-likeness (QED) is 0.812. The molecule has 0 bridgehead atoms. The highest BCUT2D eigenvalue weighted by Gasteiger charge is 2.20. The summed E-state index contributed by atoms with van der Waals surface area (Å²) in [4.78, 5) is 12.0. The van der Waals surface area contributed by atoms with Crippen LogP contribution in [0.15, 0.2) is 22.7 Å². The molecule has 21 heavy (non-hydrogen) atoms. The van der Waals surface area contributed by atoms with E-state index >= 15 is 0 Å². The van der Waals surface area contributed by atoms with Gasteiger partial charge in [-0.1, -0.05) is 16.8 Å². The van der Waals surface area contributed by atoms with Crippen LogP contribution in [0.4, 0.5) is 0 Å². The fourth-order valence-corrected chi connectivity index (χ4v) is 2.20. The first kappa shape index (κ1) is 13.8. The van der Waals surface area contributed by atoms with E-state index in [2.05, 4.69) is 5.16 Å². The Hall–Kier alpha value is -2.21. The Morgan fingerprint density at radius 3 is 2.90 bits per heavy atom. The Bertz CT molecular complexity index is 682. The van der Waals surface area contributed by atoms with Crippen molar-refractivity contribution < 1.29 is 23.5 Å². The number of esters is 1. The van der Waals surface area contributed by atoms with E-state index in [1.54, 1.807) is 19.1 Å². The van der Waals surface area contributed by atoms with Crippen LogP contribution < -0.4 is 9.47 Å². The summed E-state index contributed by atoms with van der Waals surface area (Å²) in [6, 6.07) is 4.74. The molecule has 0 aliphatic carbocycles. The molecule has 0 amide bonds. The Morgan fingerprint density at radius 2 is 2.14 bits per heavy atom. The van der Waals surface area contributed by atoms with Crippen molar-refractivity contribution in [3.63, 3.8) is 0 Å². The van der Waals surface area contributed by atoms with Crippen LogP contribution in [0.25, 0.3) is 0 Å². The van der Waals surface area contributed by atoms with Crippen molar-refractivity contribution in [2.45, 2.75) is 13.5 Å². The lowest BCUT2D eigenvalue weighted by molar-refractivity contribution is 0.0463. The number of rotatable bonds is 3. The van der Waals surface area contributed by atoms with E-state index in [1.165, 1.54) is 6.07 Å². The fourth-order valence-electron chi connectivity index (χ4n) is 1.94. The van der Waals surface area contributed by atoms with Crippen molar-refractivity contribution in [2.24, 2.45) is 0 Å². The summed E-state index contributed by atoms with van der Waals surface area (Å²) >= 11 is 6.07. The van der Waals surface area contributed by atoms with Gasteiger partial charge in [0.15, 0.2) is 11.5 Å². The molecule has 0 fully saturated rings. The summed E-state index contributed by atoms with van der Waals surface area (Å²) in [6.07, 6.45) is 0. The number of halogens is 1. The average molecular weight is 310 g/mol. The molecule has 1 aromatic carbocycles. The lowest BCUT2D eigenvalue weighted by Gasteiger charge is -2.19. The van der Waals surface area contributed by atoms with Gasteiger partial charge in [-0.3, -0.25) is 0 Å². The zero-order valence-electron chi connectivity index (χ0n) is 11.2. The first-order chi connectivity index (χ1) is 10.1. The average Bonchev–Trinajstić information content (AvgIpc) is 2.90. The van der Waals surface area contributed by atoms with Crippen LogP contribution in [-0.4, -0.2) is 24.3 Å². The second-order valence-corrected chi connectivity index (χ2v) is 4.89. The summed E-state index contributed by atoms with van der Waals surface area (Å²) in [5.41, 5.74) is 0.842. The van der Waals surface area contributed by atoms with Crippen molar-refractivity contribution in [2.75, 3.05) is 13.2 Å². The van der Waals surface area contributed by atoms with Crippen molar-refractivity contribution in [3.05, 3.63) is 40.2 Å². The molecule has 0 N–H and O–H groups in total. The minimum atomic E-state index is -0.519. The van der Waals surface area contributed by atoms with Crippen molar-refractivity contribution >= 4 is 17.6 Å².